The van der Waals surface area contributed by atoms with E-state index in [0.29, 0.717) is 36.3 Å². The van der Waals surface area contributed by atoms with Gasteiger partial charge in [-0.1, -0.05) is 12.1 Å². The van der Waals surface area contributed by atoms with Gasteiger partial charge in [0, 0.05) is 17.0 Å². The summed E-state index contributed by atoms with van der Waals surface area (Å²) in [5.74, 6) is -0.222. The summed E-state index contributed by atoms with van der Waals surface area (Å²) in [6, 6.07) is 8.74. The second-order valence-corrected chi connectivity index (χ2v) is 6.46. The molecule has 1 aliphatic heterocycles. The number of amides is 1. The van der Waals surface area contributed by atoms with Gasteiger partial charge in [0.25, 0.3) is 0 Å². The number of rotatable bonds is 2. The molecule has 0 radical (unpaired) electrons. The van der Waals surface area contributed by atoms with Gasteiger partial charge in [-0.25, -0.2) is 0 Å². The zero-order valence-corrected chi connectivity index (χ0v) is 14.6. The van der Waals surface area contributed by atoms with Crippen LogP contribution in [0.5, 0.6) is 5.75 Å². The first-order chi connectivity index (χ1) is 13.4. The van der Waals surface area contributed by atoms with E-state index < -0.39 is 11.7 Å². The van der Waals surface area contributed by atoms with Gasteiger partial charge in [0.05, 0.1) is 29.6 Å². The molecule has 0 unspecified atom stereocenters. The van der Waals surface area contributed by atoms with E-state index in [-0.39, 0.29) is 11.7 Å². The van der Waals surface area contributed by atoms with Gasteiger partial charge in [0.2, 0.25) is 5.91 Å². The lowest BCUT2D eigenvalue weighted by Crippen LogP contribution is -2.09. The fourth-order valence-electron chi connectivity index (χ4n) is 3.22. The Balaban J connectivity index is 1.64. The van der Waals surface area contributed by atoms with Crippen molar-refractivity contribution in [1.29, 1.82) is 0 Å². The number of fused-ring (bicyclic) bond motifs is 2. The number of halogens is 3. The Morgan fingerprint density at radius 2 is 2.11 bits per heavy atom. The van der Waals surface area contributed by atoms with Crippen molar-refractivity contribution in [2.75, 3.05) is 11.9 Å². The predicted molar refractivity (Wildman–Crippen MR) is 98.9 cm³/mol. The van der Waals surface area contributed by atoms with Crippen molar-refractivity contribution in [2.24, 2.45) is 0 Å². The van der Waals surface area contributed by atoms with Crippen LogP contribution in [-0.2, 0) is 11.0 Å². The number of anilines is 1. The largest absolute Gasteiger partial charge is 0.493 e. The molecule has 4 rings (SSSR count). The van der Waals surface area contributed by atoms with Crippen LogP contribution in [0.3, 0.4) is 0 Å². The van der Waals surface area contributed by atoms with E-state index in [2.05, 4.69) is 15.5 Å². The highest BCUT2D eigenvalue weighted by Gasteiger charge is 2.32. The fraction of sp³-hybridized carbons (Fsp3) is 0.200. The highest BCUT2D eigenvalue weighted by molar-refractivity contribution is 6.08. The van der Waals surface area contributed by atoms with Gasteiger partial charge in [-0.05, 0) is 42.7 Å². The second-order valence-electron chi connectivity index (χ2n) is 6.46. The Bertz CT molecular complexity index is 1070. The van der Waals surface area contributed by atoms with Crippen LogP contribution in [-0.4, -0.2) is 22.7 Å². The molecule has 1 aromatic heterocycles. The van der Waals surface area contributed by atoms with Crippen LogP contribution in [0.1, 0.15) is 24.0 Å². The third kappa shape index (κ3) is 3.58. The van der Waals surface area contributed by atoms with Crippen molar-refractivity contribution in [1.82, 2.24) is 10.2 Å². The van der Waals surface area contributed by atoms with Gasteiger partial charge in [-0.3, -0.25) is 9.89 Å². The molecule has 2 aromatic carbocycles. The molecule has 144 valence electrons. The van der Waals surface area contributed by atoms with E-state index in [1.807, 2.05) is 6.07 Å². The minimum absolute atomic E-state index is 0.142. The molecule has 0 fully saturated rings. The molecule has 8 heteroatoms. The van der Waals surface area contributed by atoms with Crippen molar-refractivity contribution >= 4 is 28.1 Å². The highest BCUT2D eigenvalue weighted by Crippen LogP contribution is 2.38. The van der Waals surface area contributed by atoms with Crippen LogP contribution in [0.15, 0.2) is 48.7 Å². The first-order valence-electron chi connectivity index (χ1n) is 8.70. The molecule has 2 heterocycles. The number of carbonyl (C=O) groups excluding carboxylic acids is 1. The Labute approximate surface area is 158 Å². The zero-order chi connectivity index (χ0) is 19.7. The number of H-pyrrole nitrogens is 1. The summed E-state index contributed by atoms with van der Waals surface area (Å²) in [7, 11) is 0. The number of alkyl halides is 3. The van der Waals surface area contributed by atoms with Crippen LogP contribution in [0.4, 0.5) is 18.9 Å². The standard InChI is InChI=1S/C20H16F3N3O2/c21-20(22,23)13-6-7-14-12(3-2-8-28-18(14)10-13)9-19(27)25-16-4-1-5-17-15(16)11-24-26-17/h1,4-7,9-11H,2-3,8H2,(H,24,26)(H,25,27). The third-order valence-electron chi connectivity index (χ3n) is 4.55. The van der Waals surface area contributed by atoms with E-state index >= 15 is 0 Å². The molecule has 1 aliphatic rings. The zero-order valence-electron chi connectivity index (χ0n) is 14.6. The summed E-state index contributed by atoms with van der Waals surface area (Å²) in [5.41, 5.74) is 1.76. The number of hydrogen-bond acceptors (Lipinski definition) is 3. The van der Waals surface area contributed by atoms with E-state index in [4.69, 9.17) is 4.74 Å². The molecular formula is C20H16F3N3O2. The molecule has 2 N–H and O–H groups in total. The molecule has 0 bridgehead atoms. The average Bonchev–Trinajstić information content (AvgIpc) is 3.05. The molecule has 1 amide bonds. The predicted octanol–water partition coefficient (Wildman–Crippen LogP) is 4.78. The SMILES string of the molecule is O=C(C=C1CCCOc2cc(C(F)(F)F)ccc21)Nc1cccc2[nH]ncc12. The first kappa shape index (κ1) is 18.1. The number of nitrogens with one attached hydrogen (secondary N) is 2. The minimum atomic E-state index is -4.45. The Kier molecular flexibility index (Phi) is 4.54. The summed E-state index contributed by atoms with van der Waals surface area (Å²) < 4.78 is 44.4. The second kappa shape index (κ2) is 7.03. The number of aromatic nitrogens is 2. The summed E-state index contributed by atoms with van der Waals surface area (Å²) >= 11 is 0. The van der Waals surface area contributed by atoms with Crippen molar-refractivity contribution in [3.8, 4) is 5.75 Å². The minimum Gasteiger partial charge on any atom is -0.493 e. The van der Waals surface area contributed by atoms with E-state index in [1.165, 1.54) is 12.1 Å². The Hall–Kier alpha value is -3.29. The summed E-state index contributed by atoms with van der Waals surface area (Å²) in [4.78, 5) is 12.6. The van der Waals surface area contributed by atoms with Gasteiger partial charge in [0.15, 0.2) is 0 Å². The molecule has 0 saturated carbocycles. The van der Waals surface area contributed by atoms with Crippen molar-refractivity contribution in [3.63, 3.8) is 0 Å². The normalized spacial score (nSPS) is 15.8. The molecule has 0 spiro atoms. The van der Waals surface area contributed by atoms with E-state index in [9.17, 15) is 18.0 Å². The van der Waals surface area contributed by atoms with Gasteiger partial charge in [0.1, 0.15) is 5.75 Å². The number of ether oxygens (including phenoxy) is 1. The van der Waals surface area contributed by atoms with Crippen LogP contribution >= 0.6 is 0 Å². The number of nitrogens with zero attached hydrogens (tertiary/aromatic N) is 1. The molecular weight excluding hydrogens is 371 g/mol. The van der Waals surface area contributed by atoms with Gasteiger partial charge in [-0.15, -0.1) is 0 Å². The van der Waals surface area contributed by atoms with Gasteiger partial charge in [-0.2, -0.15) is 18.3 Å². The number of hydrogen-bond donors (Lipinski definition) is 2. The monoisotopic (exact) mass is 387 g/mol. The maximum Gasteiger partial charge on any atom is 0.416 e. The number of aromatic amines is 1. The molecule has 28 heavy (non-hydrogen) atoms. The maximum atomic E-state index is 13.0. The van der Waals surface area contributed by atoms with Crippen molar-refractivity contribution in [2.45, 2.75) is 19.0 Å². The number of allylic oxidation sites excluding steroid dienone is 1. The van der Waals surface area contributed by atoms with Crippen molar-refractivity contribution in [3.05, 3.63) is 59.8 Å². The van der Waals surface area contributed by atoms with Crippen molar-refractivity contribution < 1.29 is 22.7 Å². The lowest BCUT2D eigenvalue weighted by atomic mass is 9.99. The smallest absolute Gasteiger partial charge is 0.416 e. The lowest BCUT2D eigenvalue weighted by molar-refractivity contribution is -0.137. The molecule has 0 atom stereocenters. The Morgan fingerprint density at radius 3 is 2.93 bits per heavy atom. The topological polar surface area (TPSA) is 67.0 Å². The van der Waals surface area contributed by atoms with E-state index in [0.717, 1.165) is 23.0 Å². The quantitative estimate of drug-likeness (QED) is 0.622. The third-order valence-corrected chi connectivity index (χ3v) is 4.55. The molecule has 5 nitrogen and oxygen atoms in total. The molecule has 0 saturated heterocycles. The summed E-state index contributed by atoms with van der Waals surface area (Å²) in [6.45, 7) is 0.293. The van der Waals surface area contributed by atoms with Crippen LogP contribution in [0.2, 0.25) is 0 Å². The van der Waals surface area contributed by atoms with E-state index in [1.54, 1.807) is 18.3 Å². The van der Waals surface area contributed by atoms with Crippen LogP contribution < -0.4 is 10.1 Å². The summed E-state index contributed by atoms with van der Waals surface area (Å²) in [6.07, 6.45) is -0.283. The van der Waals surface area contributed by atoms with Crippen LogP contribution in [0, 0.1) is 0 Å². The number of benzene rings is 2. The molecule has 3 aromatic rings. The first-order valence-corrected chi connectivity index (χ1v) is 8.70. The maximum absolute atomic E-state index is 13.0. The number of carbonyl (C=O) groups is 1. The van der Waals surface area contributed by atoms with Crippen LogP contribution in [0.25, 0.3) is 16.5 Å². The Morgan fingerprint density at radius 1 is 1.25 bits per heavy atom. The highest BCUT2D eigenvalue weighted by atomic mass is 19.4. The van der Waals surface area contributed by atoms with Gasteiger partial charge < -0.3 is 10.1 Å². The average molecular weight is 387 g/mol. The molecule has 0 aliphatic carbocycles. The van der Waals surface area contributed by atoms with Gasteiger partial charge >= 0.3 is 6.18 Å². The fourth-order valence-corrected chi connectivity index (χ4v) is 3.22. The summed E-state index contributed by atoms with van der Waals surface area (Å²) in [5, 5.41) is 10.4. The lowest BCUT2D eigenvalue weighted by Gasteiger charge is -2.13.